The first-order valence-corrected chi connectivity index (χ1v) is 10.4. The van der Waals surface area contributed by atoms with Crippen molar-refractivity contribution >= 4 is 11.8 Å². The van der Waals surface area contributed by atoms with Gasteiger partial charge < -0.3 is 39.7 Å². The van der Waals surface area contributed by atoms with Gasteiger partial charge in [-0.3, -0.25) is 9.59 Å². The van der Waals surface area contributed by atoms with Gasteiger partial charge in [-0.1, -0.05) is 12.5 Å². The van der Waals surface area contributed by atoms with Gasteiger partial charge in [0.15, 0.2) is 12.1 Å². The lowest BCUT2D eigenvalue weighted by Gasteiger charge is -2.39. The first-order valence-electron chi connectivity index (χ1n) is 10.4. The Morgan fingerprint density at radius 3 is 2.48 bits per heavy atom. The summed E-state index contributed by atoms with van der Waals surface area (Å²) in [6.07, 6.45) is -6.95. The molecule has 0 amide bonds. The van der Waals surface area contributed by atoms with Crippen LogP contribution in [0.4, 0.5) is 0 Å². The number of rotatable bonds is 4. The van der Waals surface area contributed by atoms with Crippen LogP contribution in [0.5, 0.6) is 0 Å². The second-order valence-corrected chi connectivity index (χ2v) is 8.80. The molecule has 0 aromatic carbocycles. The van der Waals surface area contributed by atoms with Gasteiger partial charge in [0.05, 0.1) is 25.2 Å². The number of allylic oxidation sites excluding steroid dienone is 1. The quantitative estimate of drug-likeness (QED) is 0.315. The minimum absolute atomic E-state index is 0.201. The number of hydrogen-bond donors (Lipinski definition) is 5. The molecule has 2 saturated heterocycles. The number of ketones is 1. The summed E-state index contributed by atoms with van der Waals surface area (Å²) in [6, 6.07) is 0. The molecule has 172 valence electrons. The average molecular weight is 440 g/mol. The van der Waals surface area contributed by atoms with Gasteiger partial charge in [-0.2, -0.15) is 0 Å². The molecule has 10 atom stereocenters. The Morgan fingerprint density at radius 1 is 1.10 bits per heavy atom. The number of aliphatic hydroxyl groups excluding tert-OH is 5. The number of hydrogen-bond acceptors (Lipinski definition) is 10. The van der Waals surface area contributed by atoms with Gasteiger partial charge in [0, 0.05) is 23.8 Å². The van der Waals surface area contributed by atoms with Crippen molar-refractivity contribution in [3.63, 3.8) is 0 Å². The first-order chi connectivity index (χ1) is 14.6. The van der Waals surface area contributed by atoms with E-state index in [4.69, 9.17) is 14.2 Å². The molecule has 2 heterocycles. The van der Waals surface area contributed by atoms with Crippen molar-refractivity contribution in [2.24, 2.45) is 17.8 Å². The fourth-order valence-electron chi connectivity index (χ4n) is 5.20. The van der Waals surface area contributed by atoms with Gasteiger partial charge in [0.2, 0.25) is 0 Å². The number of aliphatic hydroxyl groups is 5. The molecular formula is C21H28O10. The molecule has 0 spiro atoms. The van der Waals surface area contributed by atoms with Crippen molar-refractivity contribution in [2.75, 3.05) is 13.2 Å². The number of carbonyl (C=O) groups excluding carboxylic acids is 2. The zero-order chi connectivity index (χ0) is 22.6. The molecule has 10 nitrogen and oxygen atoms in total. The first kappa shape index (κ1) is 22.5. The molecule has 4 aliphatic rings. The van der Waals surface area contributed by atoms with Crippen LogP contribution in [0, 0.1) is 17.8 Å². The smallest absolute Gasteiger partial charge is 0.309 e. The third-order valence-corrected chi connectivity index (χ3v) is 6.90. The van der Waals surface area contributed by atoms with E-state index < -0.39 is 67.3 Å². The van der Waals surface area contributed by atoms with Crippen LogP contribution in [-0.2, 0) is 23.8 Å². The summed E-state index contributed by atoms with van der Waals surface area (Å²) in [7, 11) is 0. The molecular weight excluding hydrogens is 412 g/mol. The molecule has 0 bridgehead atoms. The van der Waals surface area contributed by atoms with Gasteiger partial charge in [-0.05, 0) is 18.6 Å². The second kappa shape index (κ2) is 8.36. The maximum Gasteiger partial charge on any atom is 0.309 e. The number of carbonyl (C=O) groups is 2. The second-order valence-electron chi connectivity index (χ2n) is 8.80. The molecule has 2 fully saturated rings. The van der Waals surface area contributed by atoms with Crippen LogP contribution < -0.4 is 0 Å². The number of ether oxygens (including phenoxy) is 3. The Balaban J connectivity index is 1.54. The van der Waals surface area contributed by atoms with E-state index in [-0.39, 0.29) is 18.4 Å². The predicted molar refractivity (Wildman–Crippen MR) is 102 cm³/mol. The van der Waals surface area contributed by atoms with Crippen molar-refractivity contribution < 1.29 is 49.3 Å². The summed E-state index contributed by atoms with van der Waals surface area (Å²) in [6.45, 7) is 2.68. The van der Waals surface area contributed by atoms with Crippen molar-refractivity contribution in [3.05, 3.63) is 22.8 Å². The fourth-order valence-corrected chi connectivity index (χ4v) is 5.20. The number of esters is 1. The summed E-state index contributed by atoms with van der Waals surface area (Å²) < 4.78 is 16.4. The molecule has 5 N–H and O–H groups in total. The largest absolute Gasteiger partial charge is 0.461 e. The van der Waals surface area contributed by atoms with Crippen molar-refractivity contribution in [2.45, 2.75) is 63.2 Å². The third kappa shape index (κ3) is 3.66. The topological polar surface area (TPSA) is 163 Å². The summed E-state index contributed by atoms with van der Waals surface area (Å²) in [5, 5.41) is 50.5. The van der Waals surface area contributed by atoms with E-state index in [0.29, 0.717) is 17.6 Å². The Morgan fingerprint density at radius 2 is 1.81 bits per heavy atom. The minimum atomic E-state index is -1.58. The Hall–Kier alpha value is -1.66. The molecule has 0 radical (unpaired) electrons. The molecule has 0 unspecified atom stereocenters. The van der Waals surface area contributed by atoms with E-state index in [2.05, 4.69) is 0 Å². The Bertz CT molecular complexity index is 817. The normalized spacial score (nSPS) is 45.2. The molecule has 31 heavy (non-hydrogen) atoms. The van der Waals surface area contributed by atoms with E-state index in [1.54, 1.807) is 13.8 Å². The molecule has 0 saturated carbocycles. The van der Waals surface area contributed by atoms with Gasteiger partial charge in [-0.15, -0.1) is 0 Å². The number of fused-ring (bicyclic) bond motifs is 2. The predicted octanol–water partition coefficient (Wildman–Crippen LogP) is -1.81. The lowest BCUT2D eigenvalue weighted by atomic mass is 9.79. The lowest BCUT2D eigenvalue weighted by molar-refractivity contribution is -0.299. The summed E-state index contributed by atoms with van der Waals surface area (Å²) in [5.41, 5.74) is 1.65. The van der Waals surface area contributed by atoms with Crippen LogP contribution in [0.3, 0.4) is 0 Å². The zero-order valence-corrected chi connectivity index (χ0v) is 17.2. The maximum absolute atomic E-state index is 12.7. The van der Waals surface area contributed by atoms with Crippen LogP contribution in [0.25, 0.3) is 0 Å². The molecule has 0 aromatic heterocycles. The molecule has 2 aliphatic carbocycles. The van der Waals surface area contributed by atoms with Crippen LogP contribution in [0.2, 0.25) is 0 Å². The van der Waals surface area contributed by atoms with Gasteiger partial charge >= 0.3 is 5.97 Å². The van der Waals surface area contributed by atoms with E-state index in [9.17, 15) is 35.1 Å². The van der Waals surface area contributed by atoms with Gasteiger partial charge in [0.1, 0.15) is 30.5 Å². The maximum atomic E-state index is 12.7. The Labute approximate surface area is 178 Å². The minimum Gasteiger partial charge on any atom is -0.461 e. The lowest BCUT2D eigenvalue weighted by Crippen LogP contribution is -2.59. The van der Waals surface area contributed by atoms with Crippen molar-refractivity contribution in [1.29, 1.82) is 0 Å². The zero-order valence-electron chi connectivity index (χ0n) is 17.2. The SMILES string of the molecule is CC1=C2C(=O)C=C(CO[C@@H]3O[C@H](CO)[C@@H](O)[C@H](O)[C@H]3O)[C@@H]2[C@@H](O)[C@H]2[C@H](C1)OC(=O)[C@H]2C. The van der Waals surface area contributed by atoms with Crippen LogP contribution >= 0.6 is 0 Å². The highest BCUT2D eigenvalue weighted by molar-refractivity contribution is 6.09. The van der Waals surface area contributed by atoms with Crippen LogP contribution in [-0.4, -0.2) is 93.4 Å². The van der Waals surface area contributed by atoms with Gasteiger partial charge in [0.25, 0.3) is 0 Å². The fraction of sp³-hybridized carbons (Fsp3) is 0.714. The molecule has 2 aliphatic heterocycles. The highest BCUT2D eigenvalue weighted by atomic mass is 16.7. The summed E-state index contributed by atoms with van der Waals surface area (Å²) in [4.78, 5) is 24.8. The standard InChI is InChI=1S/C21H28O10/c1-7-3-11-14(8(2)20(28)30-11)17(25)15-9(4-10(23)13(7)15)6-29-21-19(27)18(26)16(24)12(5-22)31-21/h4,8,11-12,14-19,21-22,24-27H,3,5-6H2,1-2H3/t8-,11-,12+,14+,15-,16+,17-,18-,19+,21+/m0/s1. The average Bonchev–Trinajstić information content (AvgIpc) is 3.17. The summed E-state index contributed by atoms with van der Waals surface area (Å²) >= 11 is 0. The molecule has 10 heteroatoms. The molecule has 4 rings (SSSR count). The van der Waals surface area contributed by atoms with E-state index in [0.717, 1.165) is 5.57 Å². The van der Waals surface area contributed by atoms with E-state index in [1.807, 2.05) is 0 Å². The Kier molecular flexibility index (Phi) is 6.08. The van der Waals surface area contributed by atoms with Gasteiger partial charge in [-0.25, -0.2) is 0 Å². The van der Waals surface area contributed by atoms with Crippen molar-refractivity contribution in [1.82, 2.24) is 0 Å². The van der Waals surface area contributed by atoms with Crippen LogP contribution in [0.15, 0.2) is 22.8 Å². The van der Waals surface area contributed by atoms with Crippen LogP contribution in [0.1, 0.15) is 20.3 Å². The third-order valence-electron chi connectivity index (χ3n) is 6.90. The highest BCUT2D eigenvalue weighted by Crippen LogP contribution is 2.47. The van der Waals surface area contributed by atoms with Crippen molar-refractivity contribution in [3.8, 4) is 0 Å². The summed E-state index contributed by atoms with van der Waals surface area (Å²) in [5.74, 6) is -2.32. The monoisotopic (exact) mass is 440 g/mol. The highest BCUT2D eigenvalue weighted by Gasteiger charge is 2.53. The van der Waals surface area contributed by atoms with E-state index >= 15 is 0 Å². The van der Waals surface area contributed by atoms with E-state index in [1.165, 1.54) is 6.08 Å². The molecule has 0 aromatic rings.